The van der Waals surface area contributed by atoms with Gasteiger partial charge in [0, 0.05) is 23.7 Å². The fourth-order valence-corrected chi connectivity index (χ4v) is 0. The number of aliphatic hydroxyl groups excluding tert-OH is 1. The summed E-state index contributed by atoms with van der Waals surface area (Å²) in [5.41, 5.74) is 0. The molecule has 0 amide bonds. The van der Waals surface area contributed by atoms with Crippen LogP contribution in [0.1, 0.15) is 6.92 Å². The van der Waals surface area contributed by atoms with E-state index >= 15 is 0 Å². The Morgan fingerprint density at radius 2 is 1.60 bits per heavy atom. The second-order valence-electron chi connectivity index (χ2n) is 0.316. The van der Waals surface area contributed by atoms with Crippen molar-refractivity contribution in [1.29, 1.82) is 0 Å². The van der Waals surface area contributed by atoms with Crippen molar-refractivity contribution in [2.45, 2.75) is 6.92 Å². The molecule has 0 atom stereocenters. The molecule has 0 aliphatic carbocycles. The molecule has 5 heavy (non-hydrogen) atoms. The first kappa shape index (κ1) is 17.1. The minimum Gasteiger partial charge on any atom is -1.00 e. The van der Waals surface area contributed by atoms with Crippen molar-refractivity contribution < 1.29 is 34.6 Å². The Balaban J connectivity index is -0.0000000200. The normalized spacial score (nSPS) is 3.60. The molecule has 1 N–H and O–H groups in total. The molecule has 0 aliphatic rings. The van der Waals surface area contributed by atoms with Gasteiger partial charge in [-0.2, -0.15) is 0 Å². The fraction of sp³-hybridized carbons (Fsp3) is 1.00. The topological polar surface area (TPSA) is 20.2 Å². The summed E-state index contributed by atoms with van der Waals surface area (Å²) in [7, 11) is 0. The Kier molecular flexibility index (Phi) is 74.1. The number of aliphatic hydroxyl groups is 1. The van der Waals surface area contributed by atoms with Gasteiger partial charge < -0.3 is 17.5 Å². The Morgan fingerprint density at radius 1 is 1.60 bits per heavy atom. The van der Waals surface area contributed by atoms with E-state index in [1.54, 1.807) is 6.92 Å². The van der Waals surface area contributed by atoms with Gasteiger partial charge in [-0.05, 0) is 6.92 Å². The predicted molar refractivity (Wildman–Crippen MR) is 12.8 cm³/mol. The summed E-state index contributed by atoms with van der Waals surface area (Å²) in [4.78, 5) is 0. The number of hydrogen-bond acceptors (Lipinski definition) is 1. The maximum absolute atomic E-state index is 7.57. The molecule has 0 bridgehead atoms. The predicted octanol–water partition coefficient (Wildman–Crippen LogP) is -3.00. The van der Waals surface area contributed by atoms with Gasteiger partial charge in [0.2, 0.25) is 0 Å². The first-order chi connectivity index (χ1) is 1.41. The van der Waals surface area contributed by atoms with E-state index in [-0.39, 0.29) is 36.1 Å². The molecule has 0 saturated heterocycles. The van der Waals surface area contributed by atoms with E-state index in [4.69, 9.17) is 5.11 Å². The largest absolute Gasteiger partial charge is 1.00 e. The minimum atomic E-state index is 0. The van der Waals surface area contributed by atoms with Crippen molar-refractivity contribution >= 4 is 0 Å². The molecule has 36 valence electrons. The van der Waals surface area contributed by atoms with E-state index in [0.717, 1.165) is 0 Å². The average molecular weight is 137 g/mol. The minimum absolute atomic E-state index is 0. The fourth-order valence-electron chi connectivity index (χ4n) is 0. The van der Waals surface area contributed by atoms with E-state index in [0.29, 0.717) is 0 Å². The number of rotatable bonds is 0. The molecule has 0 unspecified atom stereocenters. The molecule has 0 saturated carbocycles. The summed E-state index contributed by atoms with van der Waals surface area (Å²) in [5.74, 6) is 0. The van der Waals surface area contributed by atoms with Crippen LogP contribution in [0.25, 0.3) is 0 Å². The van der Waals surface area contributed by atoms with Gasteiger partial charge in [0.15, 0.2) is 0 Å². The number of hydrogen-bond donors (Lipinski definition) is 1. The standard InChI is InChI=1S/C2H6O.ClH.Fe/c1-2-3;;/h3H,2H2,1H3;1H;/p-1. The van der Waals surface area contributed by atoms with Crippen LogP contribution in [-0.2, 0) is 17.1 Å². The zero-order chi connectivity index (χ0) is 2.71. The third kappa shape index (κ3) is 61.8. The van der Waals surface area contributed by atoms with E-state index in [2.05, 4.69) is 0 Å². The smallest absolute Gasteiger partial charge is 0.0402 e. The first-order valence-corrected chi connectivity index (χ1v) is 1.02. The zero-order valence-electron chi connectivity index (χ0n) is 2.89. The molecule has 1 nitrogen and oxygen atoms in total. The first-order valence-electron chi connectivity index (χ1n) is 1.02. The summed E-state index contributed by atoms with van der Waals surface area (Å²) in [5, 5.41) is 7.57. The third-order valence-corrected chi connectivity index (χ3v) is 0. The molecule has 0 rings (SSSR count). The second kappa shape index (κ2) is 21.6. The maximum atomic E-state index is 7.57. The van der Waals surface area contributed by atoms with Gasteiger partial charge in [-0.1, -0.05) is 0 Å². The van der Waals surface area contributed by atoms with Crippen molar-refractivity contribution in [2.75, 3.05) is 6.61 Å². The van der Waals surface area contributed by atoms with Crippen LogP contribution in [0.3, 0.4) is 0 Å². The monoisotopic (exact) mass is 137 g/mol. The van der Waals surface area contributed by atoms with E-state index < -0.39 is 0 Å². The summed E-state index contributed by atoms with van der Waals surface area (Å²) in [6.07, 6.45) is 0. The van der Waals surface area contributed by atoms with Gasteiger partial charge in [0.05, 0.1) is 0 Å². The van der Waals surface area contributed by atoms with Gasteiger partial charge >= 0.3 is 0 Å². The van der Waals surface area contributed by atoms with Crippen LogP contribution in [0.2, 0.25) is 0 Å². The van der Waals surface area contributed by atoms with E-state index in [9.17, 15) is 0 Å². The van der Waals surface area contributed by atoms with E-state index in [1.807, 2.05) is 0 Å². The van der Waals surface area contributed by atoms with Gasteiger partial charge in [0.25, 0.3) is 0 Å². The van der Waals surface area contributed by atoms with Gasteiger partial charge in [-0.3, -0.25) is 0 Å². The molecule has 0 fully saturated rings. The molecule has 0 heterocycles. The summed E-state index contributed by atoms with van der Waals surface area (Å²) < 4.78 is 0. The Bertz CT molecular complexity index is 9.61. The van der Waals surface area contributed by atoms with Crippen LogP contribution in [0.15, 0.2) is 0 Å². The van der Waals surface area contributed by atoms with Crippen molar-refractivity contribution in [3.8, 4) is 0 Å². The van der Waals surface area contributed by atoms with Crippen LogP contribution in [-0.4, -0.2) is 11.7 Å². The van der Waals surface area contributed by atoms with Crippen molar-refractivity contribution in [3.05, 3.63) is 0 Å². The van der Waals surface area contributed by atoms with Crippen molar-refractivity contribution in [1.82, 2.24) is 0 Å². The van der Waals surface area contributed by atoms with Crippen LogP contribution in [0.4, 0.5) is 0 Å². The molecule has 0 radical (unpaired) electrons. The molecule has 0 aliphatic heterocycles. The van der Waals surface area contributed by atoms with E-state index in [1.165, 1.54) is 0 Å². The van der Waals surface area contributed by atoms with Crippen molar-refractivity contribution in [3.63, 3.8) is 0 Å². The van der Waals surface area contributed by atoms with Gasteiger partial charge in [0.1, 0.15) is 0 Å². The second-order valence-corrected chi connectivity index (χ2v) is 0.316. The third-order valence-electron chi connectivity index (χ3n) is 0. The van der Waals surface area contributed by atoms with Gasteiger partial charge in [-0.25, -0.2) is 0 Å². The molecule has 0 aromatic heterocycles. The zero-order valence-corrected chi connectivity index (χ0v) is 4.75. The molecule has 0 aromatic carbocycles. The Morgan fingerprint density at radius 3 is 1.60 bits per heavy atom. The Labute approximate surface area is 48.6 Å². The average Bonchev–Trinajstić information content (AvgIpc) is 0.918. The summed E-state index contributed by atoms with van der Waals surface area (Å²) in [6.45, 7) is 1.93. The molecule has 0 spiro atoms. The van der Waals surface area contributed by atoms with Crippen LogP contribution in [0.5, 0.6) is 0 Å². The number of halogens is 1. The summed E-state index contributed by atoms with van der Waals surface area (Å²) in [6, 6.07) is 0. The Hall–Kier alpha value is 0.769. The van der Waals surface area contributed by atoms with Crippen LogP contribution < -0.4 is 12.4 Å². The van der Waals surface area contributed by atoms with Crippen LogP contribution in [0, 0.1) is 0 Å². The van der Waals surface area contributed by atoms with Crippen LogP contribution >= 0.6 is 0 Å². The molecular formula is C2H6ClFeO-. The SMILES string of the molecule is CCO.[Cl-].[Fe]. The maximum Gasteiger partial charge on any atom is 0.0402 e. The molecule has 3 heteroatoms. The summed E-state index contributed by atoms with van der Waals surface area (Å²) >= 11 is 0. The quantitative estimate of drug-likeness (QED) is 0.353. The molecular weight excluding hydrogens is 131 g/mol. The van der Waals surface area contributed by atoms with Crippen molar-refractivity contribution in [2.24, 2.45) is 0 Å². The molecule has 0 aromatic rings. The van der Waals surface area contributed by atoms with Gasteiger partial charge in [-0.15, -0.1) is 0 Å².